The van der Waals surface area contributed by atoms with Crippen LogP contribution in [-0.2, 0) is 6.42 Å². The Kier molecular flexibility index (Phi) is 4.15. The van der Waals surface area contributed by atoms with E-state index in [4.69, 9.17) is 0 Å². The van der Waals surface area contributed by atoms with Crippen LogP contribution < -0.4 is 5.32 Å². The average molecular weight is 291 g/mol. The fraction of sp³-hybridized carbons (Fsp3) is 0.214. The third-order valence-corrected chi connectivity index (χ3v) is 2.96. The van der Waals surface area contributed by atoms with E-state index in [1.807, 2.05) is 12.1 Å². The molecule has 2 nitrogen and oxygen atoms in total. The van der Waals surface area contributed by atoms with Crippen LogP contribution in [-0.4, -0.2) is 4.98 Å². The van der Waals surface area contributed by atoms with E-state index in [9.17, 15) is 0 Å². The molecule has 0 fully saturated rings. The molecule has 0 unspecified atom stereocenters. The molecule has 0 saturated heterocycles. The zero-order chi connectivity index (χ0) is 12.1. The molecule has 2 rings (SSSR count). The largest absolute Gasteiger partial charge is 0.340 e. The summed E-state index contributed by atoms with van der Waals surface area (Å²) in [6.45, 7) is 2.19. The number of hydrogen-bond donors (Lipinski definition) is 1. The van der Waals surface area contributed by atoms with Crippen molar-refractivity contribution in [3.8, 4) is 0 Å². The molecule has 1 N–H and O–H groups in total. The summed E-state index contributed by atoms with van der Waals surface area (Å²) in [5, 5.41) is 3.27. The summed E-state index contributed by atoms with van der Waals surface area (Å²) >= 11 is 3.37. The smallest absolute Gasteiger partial charge is 0.130 e. The Morgan fingerprint density at radius 2 is 1.88 bits per heavy atom. The number of benzene rings is 1. The summed E-state index contributed by atoms with van der Waals surface area (Å²) in [5.74, 6) is 0.858. The van der Waals surface area contributed by atoms with Crippen molar-refractivity contribution < 1.29 is 0 Å². The van der Waals surface area contributed by atoms with Gasteiger partial charge in [0.05, 0.1) is 0 Å². The summed E-state index contributed by atoms with van der Waals surface area (Å²) in [7, 11) is 0. The lowest BCUT2D eigenvalue weighted by Crippen LogP contribution is -1.93. The molecule has 0 spiro atoms. The van der Waals surface area contributed by atoms with E-state index in [-0.39, 0.29) is 0 Å². The first-order valence-corrected chi connectivity index (χ1v) is 6.55. The summed E-state index contributed by atoms with van der Waals surface area (Å²) in [6.07, 6.45) is 4.10. The maximum Gasteiger partial charge on any atom is 0.130 e. The second-order valence-corrected chi connectivity index (χ2v) is 4.85. The third kappa shape index (κ3) is 3.56. The van der Waals surface area contributed by atoms with E-state index in [2.05, 4.69) is 57.4 Å². The van der Waals surface area contributed by atoms with Gasteiger partial charge in [0.25, 0.3) is 0 Å². The van der Waals surface area contributed by atoms with Gasteiger partial charge in [-0.1, -0.05) is 25.5 Å². The number of pyridine rings is 1. The monoisotopic (exact) mass is 290 g/mol. The molecular weight excluding hydrogens is 276 g/mol. The first-order chi connectivity index (χ1) is 8.28. The molecule has 0 aliphatic carbocycles. The lowest BCUT2D eigenvalue weighted by Gasteiger charge is -2.06. The molecule has 0 radical (unpaired) electrons. The van der Waals surface area contributed by atoms with Gasteiger partial charge < -0.3 is 5.32 Å². The maximum atomic E-state index is 4.27. The second kappa shape index (κ2) is 5.82. The molecule has 2 aromatic rings. The van der Waals surface area contributed by atoms with Crippen molar-refractivity contribution in [2.24, 2.45) is 0 Å². The zero-order valence-electron chi connectivity index (χ0n) is 9.78. The van der Waals surface area contributed by atoms with E-state index in [0.29, 0.717) is 0 Å². The summed E-state index contributed by atoms with van der Waals surface area (Å²) in [6, 6.07) is 12.4. The van der Waals surface area contributed by atoms with Crippen molar-refractivity contribution in [3.63, 3.8) is 0 Å². The zero-order valence-corrected chi connectivity index (χ0v) is 11.4. The number of nitrogens with zero attached hydrogens (tertiary/aromatic N) is 1. The van der Waals surface area contributed by atoms with Gasteiger partial charge in [0.2, 0.25) is 0 Å². The van der Waals surface area contributed by atoms with Crippen molar-refractivity contribution in [1.29, 1.82) is 0 Å². The first kappa shape index (κ1) is 12.1. The van der Waals surface area contributed by atoms with Gasteiger partial charge in [-0.2, -0.15) is 0 Å². The molecule has 1 heterocycles. The molecule has 0 aliphatic heterocycles. The van der Waals surface area contributed by atoms with E-state index < -0.39 is 0 Å². The Morgan fingerprint density at radius 1 is 1.12 bits per heavy atom. The minimum Gasteiger partial charge on any atom is -0.340 e. The maximum absolute atomic E-state index is 4.27. The second-order valence-electron chi connectivity index (χ2n) is 3.93. The quantitative estimate of drug-likeness (QED) is 0.894. The molecule has 1 aromatic heterocycles. The minimum absolute atomic E-state index is 0.858. The highest BCUT2D eigenvalue weighted by molar-refractivity contribution is 9.10. The fourth-order valence-electron chi connectivity index (χ4n) is 1.64. The molecule has 0 saturated carbocycles. The highest BCUT2D eigenvalue weighted by Crippen LogP contribution is 2.17. The van der Waals surface area contributed by atoms with Crippen LogP contribution >= 0.6 is 15.9 Å². The molecule has 0 aliphatic rings. The Morgan fingerprint density at radius 3 is 2.47 bits per heavy atom. The molecule has 0 amide bonds. The van der Waals surface area contributed by atoms with Gasteiger partial charge >= 0.3 is 0 Å². The molecule has 17 heavy (non-hydrogen) atoms. The minimum atomic E-state index is 0.858. The van der Waals surface area contributed by atoms with Crippen molar-refractivity contribution in [1.82, 2.24) is 4.98 Å². The first-order valence-electron chi connectivity index (χ1n) is 5.75. The van der Waals surface area contributed by atoms with E-state index in [1.54, 1.807) is 6.20 Å². The van der Waals surface area contributed by atoms with Crippen LogP contribution in [0.15, 0.2) is 47.1 Å². The van der Waals surface area contributed by atoms with Crippen LogP contribution in [0.25, 0.3) is 0 Å². The molecule has 3 heteroatoms. The average Bonchev–Trinajstić information content (AvgIpc) is 2.35. The molecule has 0 bridgehead atoms. The molecule has 1 aromatic carbocycles. The van der Waals surface area contributed by atoms with Gasteiger partial charge in [0, 0.05) is 16.4 Å². The normalized spacial score (nSPS) is 10.2. The van der Waals surface area contributed by atoms with Gasteiger partial charge in [-0.15, -0.1) is 0 Å². The van der Waals surface area contributed by atoms with Crippen LogP contribution in [0.1, 0.15) is 18.9 Å². The van der Waals surface area contributed by atoms with Crippen molar-refractivity contribution in [3.05, 3.63) is 52.6 Å². The number of anilines is 2. The SMILES string of the molecule is CCCc1ccc(Nc2ccc(Br)cn2)cc1. The van der Waals surface area contributed by atoms with Crippen LogP contribution in [0.2, 0.25) is 0 Å². The lowest BCUT2D eigenvalue weighted by molar-refractivity contribution is 0.922. The Hall–Kier alpha value is -1.35. The highest BCUT2D eigenvalue weighted by Gasteiger charge is 1.96. The topological polar surface area (TPSA) is 24.9 Å². The standard InChI is InChI=1S/C14H15BrN2/c1-2-3-11-4-7-13(8-5-11)17-14-9-6-12(15)10-16-14/h4-10H,2-3H2,1H3,(H,16,17). The predicted molar refractivity (Wildman–Crippen MR) is 75.7 cm³/mol. The number of aromatic nitrogens is 1. The summed E-state index contributed by atoms with van der Waals surface area (Å²) in [4.78, 5) is 4.27. The van der Waals surface area contributed by atoms with Crippen LogP contribution in [0.3, 0.4) is 0 Å². The molecule has 88 valence electrons. The van der Waals surface area contributed by atoms with Crippen molar-refractivity contribution >= 4 is 27.4 Å². The molecular formula is C14H15BrN2. The van der Waals surface area contributed by atoms with Crippen LogP contribution in [0, 0.1) is 0 Å². The van der Waals surface area contributed by atoms with E-state index in [0.717, 1.165) is 22.4 Å². The summed E-state index contributed by atoms with van der Waals surface area (Å²) in [5.41, 5.74) is 2.45. The number of aryl methyl sites for hydroxylation is 1. The van der Waals surface area contributed by atoms with E-state index in [1.165, 1.54) is 12.0 Å². The Balaban J connectivity index is 2.05. The van der Waals surface area contributed by atoms with Gasteiger partial charge in [-0.25, -0.2) is 4.98 Å². The number of hydrogen-bond acceptors (Lipinski definition) is 2. The van der Waals surface area contributed by atoms with Crippen LogP contribution in [0.4, 0.5) is 11.5 Å². The Labute approximate surface area is 110 Å². The summed E-state index contributed by atoms with van der Waals surface area (Å²) < 4.78 is 0.987. The van der Waals surface area contributed by atoms with Gasteiger partial charge in [0.1, 0.15) is 5.82 Å². The third-order valence-electron chi connectivity index (χ3n) is 2.49. The Bertz CT molecular complexity index is 463. The van der Waals surface area contributed by atoms with Gasteiger partial charge in [-0.3, -0.25) is 0 Å². The van der Waals surface area contributed by atoms with Crippen molar-refractivity contribution in [2.45, 2.75) is 19.8 Å². The number of halogens is 1. The van der Waals surface area contributed by atoms with E-state index >= 15 is 0 Å². The lowest BCUT2D eigenvalue weighted by atomic mass is 10.1. The highest BCUT2D eigenvalue weighted by atomic mass is 79.9. The fourth-order valence-corrected chi connectivity index (χ4v) is 1.88. The molecule has 0 atom stereocenters. The number of nitrogens with one attached hydrogen (secondary N) is 1. The number of rotatable bonds is 4. The van der Waals surface area contributed by atoms with Crippen molar-refractivity contribution in [2.75, 3.05) is 5.32 Å². The van der Waals surface area contributed by atoms with Gasteiger partial charge in [-0.05, 0) is 52.2 Å². The van der Waals surface area contributed by atoms with Crippen LogP contribution in [0.5, 0.6) is 0 Å². The predicted octanol–water partition coefficient (Wildman–Crippen LogP) is 4.54. The van der Waals surface area contributed by atoms with Gasteiger partial charge in [0.15, 0.2) is 0 Å².